The van der Waals surface area contributed by atoms with Crippen LogP contribution in [0, 0.1) is 5.92 Å². The lowest BCUT2D eigenvalue weighted by molar-refractivity contribution is 0.139. The second-order valence-electron chi connectivity index (χ2n) is 5.83. The summed E-state index contributed by atoms with van der Waals surface area (Å²) in [4.78, 5) is 2.64. The Kier molecular flexibility index (Phi) is 5.87. The summed E-state index contributed by atoms with van der Waals surface area (Å²) in [7, 11) is 0. The molecule has 1 aliphatic rings. The van der Waals surface area contributed by atoms with Crippen molar-refractivity contribution in [1.29, 1.82) is 0 Å². The Hall–Kier alpha value is -0.860. The van der Waals surface area contributed by atoms with Gasteiger partial charge in [-0.3, -0.25) is 4.90 Å². The molecule has 1 unspecified atom stereocenters. The first-order chi connectivity index (χ1) is 9.29. The van der Waals surface area contributed by atoms with Crippen LogP contribution in [0.15, 0.2) is 30.3 Å². The average Bonchev–Trinajstić information content (AvgIpc) is 2.46. The van der Waals surface area contributed by atoms with Gasteiger partial charge in [-0.25, -0.2) is 0 Å². The highest BCUT2D eigenvalue weighted by molar-refractivity contribution is 5.15. The molecule has 2 heteroatoms. The van der Waals surface area contributed by atoms with Gasteiger partial charge in [0.15, 0.2) is 0 Å². The fraction of sp³-hybridized carbons (Fsp3) is 0.647. The third-order valence-corrected chi connectivity index (χ3v) is 4.33. The quantitative estimate of drug-likeness (QED) is 0.846. The highest BCUT2D eigenvalue weighted by Gasteiger charge is 2.22. The molecule has 1 fully saturated rings. The van der Waals surface area contributed by atoms with Crippen LogP contribution in [0.25, 0.3) is 0 Å². The predicted octanol–water partition coefficient (Wildman–Crippen LogP) is 2.94. The van der Waals surface area contributed by atoms with E-state index in [1.54, 1.807) is 0 Å². The Labute approximate surface area is 118 Å². The minimum absolute atomic E-state index is 0.678. The van der Waals surface area contributed by atoms with Gasteiger partial charge in [-0.1, -0.05) is 37.3 Å². The van der Waals surface area contributed by atoms with E-state index in [0.29, 0.717) is 6.04 Å². The molecule has 1 aromatic rings. The topological polar surface area (TPSA) is 15.3 Å². The van der Waals surface area contributed by atoms with E-state index in [9.17, 15) is 0 Å². The second kappa shape index (κ2) is 7.66. The zero-order valence-corrected chi connectivity index (χ0v) is 12.4. The highest BCUT2D eigenvalue weighted by atomic mass is 15.2. The summed E-state index contributed by atoms with van der Waals surface area (Å²) >= 11 is 0. The monoisotopic (exact) mass is 260 g/mol. The first kappa shape index (κ1) is 14.5. The maximum absolute atomic E-state index is 3.45. The largest absolute Gasteiger partial charge is 0.315 e. The first-order valence-corrected chi connectivity index (χ1v) is 7.78. The molecular weight excluding hydrogens is 232 g/mol. The van der Waals surface area contributed by atoms with E-state index >= 15 is 0 Å². The number of nitrogens with zero attached hydrogens (tertiary/aromatic N) is 1. The fourth-order valence-electron chi connectivity index (χ4n) is 3.03. The van der Waals surface area contributed by atoms with Gasteiger partial charge in [0.1, 0.15) is 0 Å². The minimum Gasteiger partial charge on any atom is -0.315 e. The number of hydrogen-bond donors (Lipinski definition) is 1. The van der Waals surface area contributed by atoms with Crippen molar-refractivity contribution in [2.45, 2.75) is 39.2 Å². The van der Waals surface area contributed by atoms with E-state index in [4.69, 9.17) is 0 Å². The molecule has 0 radical (unpaired) electrons. The summed E-state index contributed by atoms with van der Waals surface area (Å²) in [6, 6.07) is 11.6. The molecule has 0 saturated carbocycles. The van der Waals surface area contributed by atoms with Gasteiger partial charge in [0, 0.05) is 12.6 Å². The van der Waals surface area contributed by atoms with Crippen LogP contribution >= 0.6 is 0 Å². The second-order valence-corrected chi connectivity index (χ2v) is 5.83. The van der Waals surface area contributed by atoms with Gasteiger partial charge in [0.05, 0.1) is 0 Å². The van der Waals surface area contributed by atoms with E-state index in [1.165, 1.54) is 37.9 Å². The highest BCUT2D eigenvalue weighted by Crippen LogP contribution is 2.22. The molecule has 1 atom stereocenters. The summed E-state index contributed by atoms with van der Waals surface area (Å²) in [6.45, 7) is 9.27. The number of likely N-dealkylation sites (N-methyl/N-ethyl adjacent to an activating group) is 1. The van der Waals surface area contributed by atoms with Gasteiger partial charge in [0.2, 0.25) is 0 Å². The molecule has 19 heavy (non-hydrogen) atoms. The van der Waals surface area contributed by atoms with Crippen LogP contribution in [-0.4, -0.2) is 37.1 Å². The smallest absolute Gasteiger partial charge is 0.0192 e. The lowest BCUT2D eigenvalue weighted by atomic mass is 9.89. The zero-order valence-electron chi connectivity index (χ0n) is 12.4. The molecule has 106 valence electrons. The number of likely N-dealkylation sites (tertiary alicyclic amines) is 1. The van der Waals surface area contributed by atoms with Crippen LogP contribution in [0.2, 0.25) is 0 Å². The van der Waals surface area contributed by atoms with Crippen LogP contribution < -0.4 is 5.32 Å². The van der Waals surface area contributed by atoms with Crippen LogP contribution in [0.1, 0.15) is 32.3 Å². The fourth-order valence-corrected chi connectivity index (χ4v) is 3.03. The van der Waals surface area contributed by atoms with Gasteiger partial charge < -0.3 is 5.32 Å². The Bertz CT molecular complexity index is 342. The van der Waals surface area contributed by atoms with Gasteiger partial charge in [0.25, 0.3) is 0 Å². The molecule has 0 amide bonds. The lowest BCUT2D eigenvalue weighted by Gasteiger charge is -2.36. The molecule has 0 spiro atoms. The van der Waals surface area contributed by atoms with Crippen molar-refractivity contribution in [3.63, 3.8) is 0 Å². The molecule has 0 aliphatic carbocycles. The maximum Gasteiger partial charge on any atom is 0.0192 e. The van der Waals surface area contributed by atoms with E-state index < -0.39 is 0 Å². The van der Waals surface area contributed by atoms with E-state index in [2.05, 4.69) is 54.4 Å². The summed E-state index contributed by atoms with van der Waals surface area (Å²) in [5, 5.41) is 3.45. The molecule has 0 bridgehead atoms. The van der Waals surface area contributed by atoms with Crippen LogP contribution in [-0.2, 0) is 6.42 Å². The molecule has 2 rings (SSSR count). The summed E-state index contributed by atoms with van der Waals surface area (Å²) < 4.78 is 0. The minimum atomic E-state index is 0.678. The Morgan fingerprint density at radius 2 is 1.89 bits per heavy atom. The average molecular weight is 260 g/mol. The van der Waals surface area contributed by atoms with Crippen LogP contribution in [0.5, 0.6) is 0 Å². The molecule has 0 aromatic heterocycles. The lowest BCUT2D eigenvalue weighted by Crippen LogP contribution is -2.44. The molecule has 1 heterocycles. The van der Waals surface area contributed by atoms with E-state index in [0.717, 1.165) is 19.0 Å². The van der Waals surface area contributed by atoms with Crippen molar-refractivity contribution in [2.75, 3.05) is 26.2 Å². The Morgan fingerprint density at radius 1 is 1.21 bits per heavy atom. The molecule has 1 N–H and O–H groups in total. The molecule has 1 aromatic carbocycles. The Balaban J connectivity index is 1.73. The van der Waals surface area contributed by atoms with Crippen molar-refractivity contribution in [2.24, 2.45) is 5.92 Å². The van der Waals surface area contributed by atoms with Gasteiger partial charge in [-0.15, -0.1) is 0 Å². The van der Waals surface area contributed by atoms with Crippen molar-refractivity contribution in [1.82, 2.24) is 10.2 Å². The molecule has 2 nitrogen and oxygen atoms in total. The summed E-state index contributed by atoms with van der Waals surface area (Å²) in [5.74, 6) is 0.880. The number of rotatable bonds is 6. The SMILES string of the molecule is CCNCC(C)N1CCC(Cc2ccccc2)CC1. The number of nitrogens with one attached hydrogen (secondary N) is 1. The maximum atomic E-state index is 3.45. The summed E-state index contributed by atoms with van der Waals surface area (Å²) in [5.41, 5.74) is 1.50. The number of hydrogen-bond acceptors (Lipinski definition) is 2. The first-order valence-electron chi connectivity index (χ1n) is 7.78. The molecule has 1 aliphatic heterocycles. The van der Waals surface area contributed by atoms with Crippen molar-refractivity contribution >= 4 is 0 Å². The third-order valence-electron chi connectivity index (χ3n) is 4.33. The van der Waals surface area contributed by atoms with Crippen molar-refractivity contribution in [3.8, 4) is 0 Å². The third kappa shape index (κ3) is 4.63. The van der Waals surface area contributed by atoms with Gasteiger partial charge in [-0.2, -0.15) is 0 Å². The predicted molar refractivity (Wildman–Crippen MR) is 82.4 cm³/mol. The van der Waals surface area contributed by atoms with Crippen LogP contribution in [0.4, 0.5) is 0 Å². The normalized spacial score (nSPS) is 19.5. The molecular formula is C17H28N2. The number of piperidine rings is 1. The molecule has 1 saturated heterocycles. The van der Waals surface area contributed by atoms with Gasteiger partial charge in [-0.05, 0) is 57.3 Å². The van der Waals surface area contributed by atoms with Crippen LogP contribution in [0.3, 0.4) is 0 Å². The summed E-state index contributed by atoms with van der Waals surface area (Å²) in [6.07, 6.45) is 3.97. The van der Waals surface area contributed by atoms with E-state index in [1.807, 2.05) is 0 Å². The van der Waals surface area contributed by atoms with Crippen molar-refractivity contribution < 1.29 is 0 Å². The number of benzene rings is 1. The standard InChI is InChI=1S/C17H28N2/c1-3-18-14-15(2)19-11-9-17(10-12-19)13-16-7-5-4-6-8-16/h4-8,15,17-18H,3,9-14H2,1-2H3. The van der Waals surface area contributed by atoms with Gasteiger partial charge >= 0.3 is 0 Å². The zero-order chi connectivity index (χ0) is 13.5. The Morgan fingerprint density at radius 3 is 2.53 bits per heavy atom. The van der Waals surface area contributed by atoms with E-state index in [-0.39, 0.29) is 0 Å². The van der Waals surface area contributed by atoms with Crippen molar-refractivity contribution in [3.05, 3.63) is 35.9 Å².